The summed E-state index contributed by atoms with van der Waals surface area (Å²) in [4.78, 5) is 27.0. The average Bonchev–Trinajstić information content (AvgIpc) is 3.08. The van der Waals surface area contributed by atoms with Gasteiger partial charge in [-0.1, -0.05) is 0 Å². The highest BCUT2D eigenvalue weighted by Gasteiger charge is 2.14. The number of benzene rings is 2. The van der Waals surface area contributed by atoms with Gasteiger partial charge in [-0.25, -0.2) is 4.39 Å². The van der Waals surface area contributed by atoms with Crippen LogP contribution in [0, 0.1) is 5.82 Å². The van der Waals surface area contributed by atoms with Crippen molar-refractivity contribution in [2.45, 2.75) is 12.8 Å². The van der Waals surface area contributed by atoms with E-state index < -0.39 is 0 Å². The normalized spacial score (nSPS) is 12.3. The molecule has 2 heterocycles. The minimum absolute atomic E-state index is 0.123. The van der Waals surface area contributed by atoms with Gasteiger partial charge < -0.3 is 19.8 Å². The number of aromatic amines is 1. The Morgan fingerprint density at radius 2 is 1.96 bits per heavy atom. The van der Waals surface area contributed by atoms with Crippen LogP contribution in [0.2, 0.25) is 0 Å². The summed E-state index contributed by atoms with van der Waals surface area (Å²) in [6.07, 6.45) is 0.372. The lowest BCUT2D eigenvalue weighted by molar-refractivity contribution is -0.116. The number of hydrogen-bond donors (Lipinski definition) is 2. The number of nitrogens with one attached hydrogen (secondary N) is 2. The predicted molar refractivity (Wildman–Crippen MR) is 94.0 cm³/mol. The van der Waals surface area contributed by atoms with Crippen molar-refractivity contribution in [3.8, 4) is 11.5 Å². The lowest BCUT2D eigenvalue weighted by Gasteiger charge is -2.07. The summed E-state index contributed by atoms with van der Waals surface area (Å²) in [5.41, 5.74) is 1.31. The van der Waals surface area contributed by atoms with Gasteiger partial charge in [0.05, 0.1) is 0 Å². The molecule has 0 fully saturated rings. The first-order valence-corrected chi connectivity index (χ1v) is 8.09. The van der Waals surface area contributed by atoms with E-state index in [9.17, 15) is 14.0 Å². The summed E-state index contributed by atoms with van der Waals surface area (Å²) in [5.74, 6) is 0.604. The van der Waals surface area contributed by atoms with Crippen molar-refractivity contribution < 1.29 is 18.7 Å². The van der Waals surface area contributed by atoms with Crippen LogP contribution in [-0.4, -0.2) is 17.7 Å². The quantitative estimate of drug-likeness (QED) is 0.755. The van der Waals surface area contributed by atoms with Gasteiger partial charge in [-0.3, -0.25) is 9.59 Å². The Hall–Kier alpha value is -3.35. The van der Waals surface area contributed by atoms with Crippen LogP contribution in [0.15, 0.2) is 47.3 Å². The molecule has 7 heteroatoms. The molecule has 0 saturated carbocycles. The number of ether oxygens (including phenoxy) is 2. The number of aryl methyl sites for hydroxylation is 1. The first kappa shape index (κ1) is 16.1. The van der Waals surface area contributed by atoms with E-state index in [2.05, 4.69) is 10.3 Å². The molecule has 0 atom stereocenters. The predicted octanol–water partition coefficient (Wildman–Crippen LogP) is 2.97. The second-order valence-electron chi connectivity index (χ2n) is 5.97. The van der Waals surface area contributed by atoms with Crippen LogP contribution in [0.3, 0.4) is 0 Å². The molecule has 2 N–H and O–H groups in total. The lowest BCUT2D eigenvalue weighted by atomic mass is 10.1. The molecular formula is C19H15FN2O4. The lowest BCUT2D eigenvalue weighted by Crippen LogP contribution is -2.17. The third kappa shape index (κ3) is 3.23. The highest BCUT2D eigenvalue weighted by atomic mass is 19.1. The van der Waals surface area contributed by atoms with Crippen LogP contribution in [0.5, 0.6) is 11.5 Å². The minimum Gasteiger partial charge on any atom is -0.454 e. The smallest absolute Gasteiger partial charge is 0.251 e. The van der Waals surface area contributed by atoms with E-state index >= 15 is 0 Å². The van der Waals surface area contributed by atoms with Crippen molar-refractivity contribution in [2.24, 2.45) is 0 Å². The minimum atomic E-state index is -0.379. The number of anilines is 1. The SMILES string of the molecule is O=C(CCc1cc2cc(F)ccc2[nH]c1=O)Nc1ccc2c(c1)OCO2. The number of pyridine rings is 1. The van der Waals surface area contributed by atoms with E-state index in [1.54, 1.807) is 24.3 Å². The number of carbonyl (C=O) groups is 1. The van der Waals surface area contributed by atoms with Crippen LogP contribution in [0.25, 0.3) is 10.9 Å². The second kappa shape index (κ2) is 6.51. The van der Waals surface area contributed by atoms with Crippen molar-refractivity contribution in [3.63, 3.8) is 0 Å². The molecule has 2 aromatic carbocycles. The summed E-state index contributed by atoms with van der Waals surface area (Å²) >= 11 is 0. The summed E-state index contributed by atoms with van der Waals surface area (Å²) in [5, 5.41) is 3.35. The van der Waals surface area contributed by atoms with E-state index in [-0.39, 0.29) is 36.9 Å². The van der Waals surface area contributed by atoms with E-state index in [0.717, 1.165) is 0 Å². The first-order valence-electron chi connectivity index (χ1n) is 8.09. The summed E-state index contributed by atoms with van der Waals surface area (Å²) < 4.78 is 23.8. The third-order valence-electron chi connectivity index (χ3n) is 4.16. The molecule has 6 nitrogen and oxygen atoms in total. The zero-order valence-corrected chi connectivity index (χ0v) is 13.7. The topological polar surface area (TPSA) is 80.4 Å². The number of amides is 1. The number of carbonyl (C=O) groups excluding carboxylic acids is 1. The number of halogens is 1. The monoisotopic (exact) mass is 354 g/mol. The number of H-pyrrole nitrogens is 1. The number of hydrogen-bond acceptors (Lipinski definition) is 4. The van der Waals surface area contributed by atoms with E-state index in [4.69, 9.17) is 9.47 Å². The number of fused-ring (bicyclic) bond motifs is 2. The van der Waals surface area contributed by atoms with Crippen molar-refractivity contribution in [2.75, 3.05) is 12.1 Å². The molecule has 1 amide bonds. The molecule has 1 aliphatic rings. The summed E-state index contributed by atoms with van der Waals surface area (Å²) in [6.45, 7) is 0.165. The fraction of sp³-hybridized carbons (Fsp3) is 0.158. The molecule has 132 valence electrons. The Morgan fingerprint density at radius 3 is 2.85 bits per heavy atom. The van der Waals surface area contributed by atoms with Crippen molar-refractivity contribution in [1.82, 2.24) is 4.98 Å². The maximum Gasteiger partial charge on any atom is 0.251 e. The molecule has 0 unspecified atom stereocenters. The second-order valence-corrected chi connectivity index (χ2v) is 5.97. The van der Waals surface area contributed by atoms with Gasteiger partial charge in [-0.05, 0) is 42.8 Å². The summed E-state index contributed by atoms with van der Waals surface area (Å²) in [7, 11) is 0. The molecule has 0 radical (unpaired) electrons. The van der Waals surface area contributed by atoms with Gasteiger partial charge in [0.2, 0.25) is 12.7 Å². The van der Waals surface area contributed by atoms with Gasteiger partial charge in [0.25, 0.3) is 5.56 Å². The van der Waals surface area contributed by atoms with Gasteiger partial charge in [0.15, 0.2) is 11.5 Å². The molecule has 26 heavy (non-hydrogen) atoms. The zero-order valence-electron chi connectivity index (χ0n) is 13.7. The molecule has 0 aliphatic carbocycles. The fourth-order valence-corrected chi connectivity index (χ4v) is 2.85. The summed E-state index contributed by atoms with van der Waals surface area (Å²) in [6, 6.07) is 10.9. The Morgan fingerprint density at radius 1 is 1.12 bits per heavy atom. The average molecular weight is 354 g/mol. The fourth-order valence-electron chi connectivity index (χ4n) is 2.85. The zero-order chi connectivity index (χ0) is 18.1. The van der Waals surface area contributed by atoms with E-state index in [1.165, 1.54) is 18.2 Å². The van der Waals surface area contributed by atoms with E-state index in [0.29, 0.717) is 33.7 Å². The van der Waals surface area contributed by atoms with Crippen LogP contribution in [0.4, 0.5) is 10.1 Å². The maximum absolute atomic E-state index is 13.3. The standard InChI is InChI=1S/C19H15FN2O4/c20-13-2-4-15-12(8-13)7-11(19(24)22-15)1-6-18(23)21-14-3-5-16-17(9-14)26-10-25-16/h2-5,7-9H,1,6,10H2,(H,21,23)(H,22,24). The van der Waals surface area contributed by atoms with Crippen molar-refractivity contribution >= 4 is 22.5 Å². The Labute approximate surface area is 147 Å². The highest BCUT2D eigenvalue weighted by Crippen LogP contribution is 2.34. The van der Waals surface area contributed by atoms with Crippen LogP contribution >= 0.6 is 0 Å². The molecule has 4 rings (SSSR count). The molecule has 1 aromatic heterocycles. The van der Waals surface area contributed by atoms with Crippen molar-refractivity contribution in [1.29, 1.82) is 0 Å². The molecule has 1 aliphatic heterocycles. The Bertz CT molecular complexity index is 1060. The van der Waals surface area contributed by atoms with Crippen LogP contribution in [0.1, 0.15) is 12.0 Å². The molecule has 0 spiro atoms. The Kier molecular flexibility index (Phi) is 4.04. The molecule has 0 bridgehead atoms. The van der Waals surface area contributed by atoms with Gasteiger partial charge in [-0.15, -0.1) is 0 Å². The van der Waals surface area contributed by atoms with Crippen LogP contribution < -0.4 is 20.3 Å². The van der Waals surface area contributed by atoms with Crippen LogP contribution in [-0.2, 0) is 11.2 Å². The number of rotatable bonds is 4. The van der Waals surface area contributed by atoms with Gasteiger partial charge in [0, 0.05) is 34.6 Å². The van der Waals surface area contributed by atoms with Crippen molar-refractivity contribution in [3.05, 3.63) is 64.2 Å². The highest BCUT2D eigenvalue weighted by molar-refractivity contribution is 5.91. The Balaban J connectivity index is 1.45. The molecule has 3 aromatic rings. The maximum atomic E-state index is 13.3. The molecule has 0 saturated heterocycles. The first-order chi connectivity index (χ1) is 12.6. The van der Waals surface area contributed by atoms with Gasteiger partial charge >= 0.3 is 0 Å². The largest absolute Gasteiger partial charge is 0.454 e. The third-order valence-corrected chi connectivity index (χ3v) is 4.16. The van der Waals surface area contributed by atoms with Gasteiger partial charge in [0.1, 0.15) is 5.82 Å². The van der Waals surface area contributed by atoms with Gasteiger partial charge in [-0.2, -0.15) is 0 Å². The molecular weight excluding hydrogens is 339 g/mol. The van der Waals surface area contributed by atoms with E-state index in [1.807, 2.05) is 0 Å². The number of aromatic nitrogens is 1.